The number of nitrogens with one attached hydrogen (secondary N) is 3. The van der Waals surface area contributed by atoms with E-state index in [1.165, 1.54) is 0 Å². The number of urea groups is 1. The predicted octanol–water partition coefficient (Wildman–Crippen LogP) is 8.95. The van der Waals surface area contributed by atoms with Crippen molar-refractivity contribution in [2.24, 2.45) is 0 Å². The summed E-state index contributed by atoms with van der Waals surface area (Å²) in [4.78, 5) is 12.8. The zero-order valence-electron chi connectivity index (χ0n) is 22.7. The Hall–Kier alpha value is -4.25. The van der Waals surface area contributed by atoms with E-state index in [2.05, 4.69) is 88.5 Å². The molecular weight excluding hydrogens is 529 g/mol. The Bertz CT molecular complexity index is 1810. The molecule has 0 unspecified atom stereocenters. The highest BCUT2D eigenvalue weighted by molar-refractivity contribution is 7.38. The second kappa shape index (κ2) is 11.3. The van der Waals surface area contributed by atoms with Gasteiger partial charge in [0.2, 0.25) is 0 Å². The fourth-order valence-electron chi connectivity index (χ4n) is 6.01. The maximum atomic E-state index is 12.8. The molecule has 6 aromatic rings. The van der Waals surface area contributed by atoms with Crippen LogP contribution in [0.15, 0.2) is 112 Å². The third-order valence-electron chi connectivity index (χ3n) is 8.04. The van der Waals surface area contributed by atoms with Crippen LogP contribution < -0.4 is 15.7 Å². The van der Waals surface area contributed by atoms with Crippen LogP contribution in [0, 0.1) is 0 Å². The summed E-state index contributed by atoms with van der Waals surface area (Å²) in [5, 5.41) is 16.6. The lowest BCUT2D eigenvalue weighted by Gasteiger charge is -2.31. The molecule has 0 bridgehead atoms. The first-order valence-electron chi connectivity index (χ1n) is 14.3. The van der Waals surface area contributed by atoms with Crippen molar-refractivity contribution >= 4 is 57.7 Å². The Labute approximate surface area is 239 Å². The zero-order valence-corrected chi connectivity index (χ0v) is 23.6. The van der Waals surface area contributed by atoms with Gasteiger partial charge in [0, 0.05) is 29.4 Å². The van der Waals surface area contributed by atoms with Gasteiger partial charge in [0.25, 0.3) is 0 Å². The molecule has 1 aliphatic carbocycles. The SMILES string of the molecule is O=C(NCc1ccccc1)N[C@H]1CCCC[C@@H]1Np1oc2ccc3ccccc3c2c2c(ccc3ccccc32)o1. The van der Waals surface area contributed by atoms with Crippen molar-refractivity contribution in [3.63, 3.8) is 0 Å². The van der Waals surface area contributed by atoms with E-state index in [-0.39, 0.29) is 18.1 Å². The second-order valence-corrected chi connectivity index (χ2v) is 11.8. The van der Waals surface area contributed by atoms with Crippen LogP contribution in [-0.2, 0) is 6.54 Å². The van der Waals surface area contributed by atoms with Crippen molar-refractivity contribution in [2.45, 2.75) is 44.3 Å². The summed E-state index contributed by atoms with van der Waals surface area (Å²) in [6, 6.07) is 35.0. The predicted molar refractivity (Wildman–Crippen MR) is 169 cm³/mol. The maximum absolute atomic E-state index is 12.8. The first-order valence-corrected chi connectivity index (χ1v) is 15.4. The monoisotopic (exact) mass is 561 g/mol. The fourth-order valence-corrected chi connectivity index (χ4v) is 7.40. The Morgan fingerprint density at radius 2 is 1.24 bits per heavy atom. The van der Waals surface area contributed by atoms with Gasteiger partial charge in [0.05, 0.1) is 0 Å². The van der Waals surface area contributed by atoms with Crippen LogP contribution in [0.5, 0.6) is 0 Å². The van der Waals surface area contributed by atoms with Crippen LogP contribution in [0.25, 0.3) is 43.5 Å². The van der Waals surface area contributed by atoms with Gasteiger partial charge in [-0.25, -0.2) is 9.88 Å². The summed E-state index contributed by atoms with van der Waals surface area (Å²) < 4.78 is 13.3. The fraction of sp³-hybridized carbons (Fsp3) is 0.206. The number of carbonyl (C=O) groups excluding carboxylic acids is 1. The van der Waals surface area contributed by atoms with Gasteiger partial charge in [-0.05, 0) is 52.1 Å². The van der Waals surface area contributed by atoms with Crippen LogP contribution in [0.1, 0.15) is 31.2 Å². The number of carbonyl (C=O) groups is 1. The minimum absolute atomic E-state index is 0.0235. The van der Waals surface area contributed by atoms with E-state index in [0.29, 0.717) is 6.54 Å². The van der Waals surface area contributed by atoms with E-state index >= 15 is 0 Å². The average Bonchev–Trinajstić information content (AvgIpc) is 3.18. The molecule has 1 aromatic heterocycles. The molecule has 5 aromatic carbocycles. The Kier molecular flexibility index (Phi) is 7.10. The molecule has 2 atom stereocenters. The molecule has 206 valence electrons. The Morgan fingerprint density at radius 1 is 0.683 bits per heavy atom. The third kappa shape index (κ3) is 5.29. The topological polar surface area (TPSA) is 79.4 Å². The van der Waals surface area contributed by atoms with E-state index in [1.807, 2.05) is 30.3 Å². The number of hydrogen-bond acceptors (Lipinski definition) is 4. The summed E-state index contributed by atoms with van der Waals surface area (Å²) in [6.45, 7) is 0.492. The molecule has 2 amide bonds. The van der Waals surface area contributed by atoms with Gasteiger partial charge < -0.3 is 19.0 Å². The van der Waals surface area contributed by atoms with Gasteiger partial charge >= 0.3 is 14.2 Å². The van der Waals surface area contributed by atoms with Gasteiger partial charge in [-0.15, -0.1) is 0 Å². The zero-order chi connectivity index (χ0) is 27.6. The second-order valence-electron chi connectivity index (χ2n) is 10.7. The summed E-state index contributed by atoms with van der Waals surface area (Å²) in [5.41, 5.74) is 2.68. The Morgan fingerprint density at radius 3 is 1.88 bits per heavy atom. The van der Waals surface area contributed by atoms with E-state index in [4.69, 9.17) is 8.39 Å². The van der Waals surface area contributed by atoms with Gasteiger partial charge in [-0.2, -0.15) is 0 Å². The molecule has 0 radical (unpaired) electrons. The molecule has 1 fully saturated rings. The highest BCUT2D eigenvalue weighted by atomic mass is 31.1. The molecule has 7 rings (SSSR count). The summed E-state index contributed by atoms with van der Waals surface area (Å²) in [6.07, 6.45) is 4.00. The van der Waals surface area contributed by atoms with E-state index in [1.54, 1.807) is 0 Å². The first-order chi connectivity index (χ1) is 20.2. The highest BCUT2D eigenvalue weighted by Gasteiger charge is 2.28. The molecule has 1 heterocycles. The summed E-state index contributed by atoms with van der Waals surface area (Å²) in [5.74, 6) is 0. The summed E-state index contributed by atoms with van der Waals surface area (Å²) in [7, 11) is -1.52. The molecular formula is C34H32N3O3P. The number of fused-ring (bicyclic) bond motifs is 7. The van der Waals surface area contributed by atoms with Gasteiger partial charge in [-0.3, -0.25) is 0 Å². The number of amides is 2. The maximum Gasteiger partial charge on any atom is 0.315 e. The van der Waals surface area contributed by atoms with Crippen molar-refractivity contribution in [3.05, 3.63) is 109 Å². The average molecular weight is 562 g/mol. The van der Waals surface area contributed by atoms with Gasteiger partial charge in [-0.1, -0.05) is 104 Å². The van der Waals surface area contributed by atoms with Gasteiger partial charge in [0.15, 0.2) is 0 Å². The molecule has 0 aliphatic heterocycles. The molecule has 0 saturated heterocycles. The minimum atomic E-state index is -1.52. The number of rotatable bonds is 5. The molecule has 0 spiro atoms. The van der Waals surface area contributed by atoms with Crippen LogP contribution in [0.2, 0.25) is 0 Å². The Balaban J connectivity index is 1.26. The van der Waals surface area contributed by atoms with Crippen molar-refractivity contribution in [2.75, 3.05) is 5.09 Å². The molecule has 41 heavy (non-hydrogen) atoms. The number of benzene rings is 5. The van der Waals surface area contributed by atoms with E-state index < -0.39 is 8.16 Å². The lowest BCUT2D eigenvalue weighted by Crippen LogP contribution is -2.51. The highest BCUT2D eigenvalue weighted by Crippen LogP contribution is 2.41. The van der Waals surface area contributed by atoms with Crippen molar-refractivity contribution in [3.8, 4) is 0 Å². The van der Waals surface area contributed by atoms with Crippen molar-refractivity contribution in [1.82, 2.24) is 10.6 Å². The standard InChI is InChI=1S/C34H32N3O3P/c38-34(35-22-23-10-2-1-3-11-23)36-28-16-8-9-17-29(28)37-41-39-30-20-18-24-12-4-6-14-26(24)32(30)33-27-15-7-5-13-25(27)19-21-31(33)40-41/h1-7,10-15,18-21,28-29,37H,8-9,16-17,22H2,(H2,35,36,38)/t28-,29-/m0/s1. The molecule has 1 saturated carbocycles. The van der Waals surface area contributed by atoms with Gasteiger partial charge in [0.1, 0.15) is 11.2 Å². The summed E-state index contributed by atoms with van der Waals surface area (Å²) >= 11 is 0. The van der Waals surface area contributed by atoms with Crippen LogP contribution >= 0.6 is 8.16 Å². The molecule has 6 nitrogen and oxygen atoms in total. The smallest absolute Gasteiger partial charge is 0.315 e. The largest absolute Gasteiger partial charge is 0.408 e. The minimum Gasteiger partial charge on any atom is -0.408 e. The lowest BCUT2D eigenvalue weighted by molar-refractivity contribution is 0.230. The van der Waals surface area contributed by atoms with Crippen molar-refractivity contribution in [1.29, 1.82) is 0 Å². The van der Waals surface area contributed by atoms with Crippen LogP contribution in [0.3, 0.4) is 0 Å². The molecule has 3 N–H and O–H groups in total. The first kappa shape index (κ1) is 25.7. The van der Waals surface area contributed by atoms with E-state index in [9.17, 15) is 4.79 Å². The molecule has 7 heteroatoms. The van der Waals surface area contributed by atoms with Crippen LogP contribution in [-0.4, -0.2) is 18.1 Å². The third-order valence-corrected chi connectivity index (χ3v) is 9.31. The van der Waals surface area contributed by atoms with Crippen molar-refractivity contribution < 1.29 is 13.2 Å². The number of hydrogen-bond donors (Lipinski definition) is 3. The normalized spacial score (nSPS) is 17.2. The van der Waals surface area contributed by atoms with E-state index in [0.717, 1.165) is 74.7 Å². The molecule has 1 aliphatic rings. The lowest BCUT2D eigenvalue weighted by atomic mass is 9.91. The van der Waals surface area contributed by atoms with Crippen LogP contribution in [0.4, 0.5) is 4.79 Å². The quantitative estimate of drug-likeness (QED) is 0.196.